The number of aromatic nitrogens is 4. The molecule has 0 amide bonds. The molecule has 0 radical (unpaired) electrons. The molecular weight excluding hydrogens is 238 g/mol. The van der Waals surface area contributed by atoms with Gasteiger partial charge in [0.1, 0.15) is 6.33 Å². The Kier molecular flexibility index (Phi) is 2.63. The lowest BCUT2D eigenvalue weighted by atomic mass is 9.99. The molecule has 3 heterocycles. The van der Waals surface area contributed by atoms with Gasteiger partial charge in [-0.15, -0.1) is 21.8 Å². The minimum absolute atomic E-state index is 0.175. The van der Waals surface area contributed by atoms with E-state index in [0.717, 1.165) is 31.0 Å². The molecule has 3 rings (SSSR count). The summed E-state index contributed by atoms with van der Waals surface area (Å²) in [5, 5.41) is 8.18. The average molecular weight is 252 g/mol. The molecule has 2 unspecified atom stereocenters. The summed E-state index contributed by atoms with van der Waals surface area (Å²) in [4.78, 5) is 6.60. The van der Waals surface area contributed by atoms with Crippen molar-refractivity contribution in [1.29, 1.82) is 0 Å². The molecule has 5 nitrogen and oxygen atoms in total. The average Bonchev–Trinajstić information content (AvgIpc) is 2.80. The lowest BCUT2D eigenvalue weighted by Gasteiger charge is -2.34. The van der Waals surface area contributed by atoms with Crippen molar-refractivity contribution in [3.63, 3.8) is 0 Å². The second-order valence-electron chi connectivity index (χ2n) is 4.54. The highest BCUT2D eigenvalue weighted by Crippen LogP contribution is 2.26. The van der Waals surface area contributed by atoms with E-state index in [4.69, 9.17) is 11.6 Å². The van der Waals surface area contributed by atoms with Gasteiger partial charge >= 0.3 is 0 Å². The van der Waals surface area contributed by atoms with E-state index in [1.54, 1.807) is 12.5 Å². The van der Waals surface area contributed by atoms with Gasteiger partial charge in [0.05, 0.1) is 5.38 Å². The fraction of sp³-hybridized carbons (Fsp3) is 0.545. The predicted molar refractivity (Wildman–Crippen MR) is 66.4 cm³/mol. The predicted octanol–water partition coefficient (Wildman–Crippen LogP) is 1.58. The molecule has 2 atom stereocenters. The van der Waals surface area contributed by atoms with E-state index in [0.29, 0.717) is 5.92 Å². The van der Waals surface area contributed by atoms with Gasteiger partial charge in [0.2, 0.25) is 5.65 Å². The lowest BCUT2D eigenvalue weighted by molar-refractivity contribution is 0.444. The molecule has 0 aliphatic carbocycles. The number of halogens is 1. The highest BCUT2D eigenvalue weighted by atomic mass is 35.5. The molecule has 0 bridgehead atoms. The SMILES string of the molecule is CC1CCN(c2nccn3cnnc23)CC1Cl. The summed E-state index contributed by atoms with van der Waals surface area (Å²) in [7, 11) is 0. The topological polar surface area (TPSA) is 46.3 Å². The van der Waals surface area contributed by atoms with Crippen LogP contribution < -0.4 is 4.90 Å². The molecule has 17 heavy (non-hydrogen) atoms. The third-order valence-corrected chi connectivity index (χ3v) is 3.93. The Morgan fingerprint density at radius 1 is 1.47 bits per heavy atom. The van der Waals surface area contributed by atoms with Gasteiger partial charge in [-0.3, -0.25) is 4.40 Å². The molecule has 6 heteroatoms. The van der Waals surface area contributed by atoms with Crippen LogP contribution in [0.3, 0.4) is 0 Å². The molecule has 0 aromatic carbocycles. The van der Waals surface area contributed by atoms with Crippen molar-refractivity contribution in [3.05, 3.63) is 18.7 Å². The molecule has 2 aromatic rings. The van der Waals surface area contributed by atoms with Gasteiger partial charge in [0, 0.05) is 25.5 Å². The van der Waals surface area contributed by atoms with E-state index in [1.165, 1.54) is 0 Å². The number of rotatable bonds is 1. The standard InChI is InChI=1S/C11H14ClN5/c1-8-2-4-16(6-9(8)12)10-11-15-14-7-17(11)5-3-13-10/h3,5,7-9H,2,4,6H2,1H3. The lowest BCUT2D eigenvalue weighted by Crippen LogP contribution is -2.41. The van der Waals surface area contributed by atoms with E-state index < -0.39 is 0 Å². The zero-order chi connectivity index (χ0) is 11.8. The van der Waals surface area contributed by atoms with Gasteiger partial charge in [0.25, 0.3) is 0 Å². The summed E-state index contributed by atoms with van der Waals surface area (Å²) in [5.41, 5.74) is 0.797. The summed E-state index contributed by atoms with van der Waals surface area (Å²) in [6.45, 7) is 3.99. The number of alkyl halides is 1. The van der Waals surface area contributed by atoms with Gasteiger partial charge in [-0.05, 0) is 12.3 Å². The Balaban J connectivity index is 1.96. The number of nitrogens with zero attached hydrogens (tertiary/aromatic N) is 5. The monoisotopic (exact) mass is 251 g/mol. The van der Waals surface area contributed by atoms with E-state index in [-0.39, 0.29) is 5.38 Å². The minimum Gasteiger partial charge on any atom is -0.352 e. The third kappa shape index (κ3) is 1.84. The maximum Gasteiger partial charge on any atom is 0.203 e. The fourth-order valence-corrected chi connectivity index (χ4v) is 2.48. The zero-order valence-corrected chi connectivity index (χ0v) is 10.4. The molecule has 0 spiro atoms. The van der Waals surface area contributed by atoms with Crippen molar-refractivity contribution in [3.8, 4) is 0 Å². The van der Waals surface area contributed by atoms with Gasteiger partial charge in [-0.2, -0.15) is 0 Å². The van der Waals surface area contributed by atoms with Crippen molar-refractivity contribution < 1.29 is 0 Å². The van der Waals surface area contributed by atoms with E-state index >= 15 is 0 Å². The second kappa shape index (κ2) is 4.14. The Bertz CT molecular complexity index is 525. The third-order valence-electron chi connectivity index (χ3n) is 3.36. The normalized spacial score (nSPS) is 25.4. The van der Waals surface area contributed by atoms with Crippen LogP contribution in [0.25, 0.3) is 5.65 Å². The first kappa shape index (κ1) is 10.8. The van der Waals surface area contributed by atoms with Crippen LogP contribution in [0, 0.1) is 5.92 Å². The Morgan fingerprint density at radius 2 is 2.35 bits per heavy atom. The highest BCUT2D eigenvalue weighted by molar-refractivity contribution is 6.21. The first-order valence-electron chi connectivity index (χ1n) is 5.79. The van der Waals surface area contributed by atoms with Crippen LogP contribution in [-0.2, 0) is 0 Å². The molecule has 0 saturated carbocycles. The summed E-state index contributed by atoms with van der Waals surface area (Å²) in [6, 6.07) is 0. The number of piperidine rings is 1. The van der Waals surface area contributed by atoms with Crippen LogP contribution in [0.1, 0.15) is 13.3 Å². The minimum atomic E-state index is 0.175. The van der Waals surface area contributed by atoms with Crippen LogP contribution >= 0.6 is 11.6 Å². The fourth-order valence-electron chi connectivity index (χ4n) is 2.18. The first-order valence-corrected chi connectivity index (χ1v) is 6.22. The van der Waals surface area contributed by atoms with Gasteiger partial charge in [-0.1, -0.05) is 6.92 Å². The molecule has 1 saturated heterocycles. The van der Waals surface area contributed by atoms with Gasteiger partial charge in [-0.25, -0.2) is 4.98 Å². The summed E-state index contributed by atoms with van der Waals surface area (Å²) in [5.74, 6) is 1.44. The molecule has 1 fully saturated rings. The maximum absolute atomic E-state index is 6.32. The largest absolute Gasteiger partial charge is 0.352 e. The van der Waals surface area contributed by atoms with Crippen molar-refractivity contribution in [1.82, 2.24) is 19.6 Å². The van der Waals surface area contributed by atoms with Crippen molar-refractivity contribution in [2.45, 2.75) is 18.7 Å². The number of anilines is 1. The molecule has 2 aromatic heterocycles. The van der Waals surface area contributed by atoms with E-state index in [2.05, 4.69) is 27.0 Å². The smallest absolute Gasteiger partial charge is 0.203 e. The molecule has 90 valence electrons. The zero-order valence-electron chi connectivity index (χ0n) is 9.62. The highest BCUT2D eigenvalue weighted by Gasteiger charge is 2.26. The summed E-state index contributed by atoms with van der Waals surface area (Å²) >= 11 is 6.32. The van der Waals surface area contributed by atoms with Gasteiger partial charge < -0.3 is 4.90 Å². The van der Waals surface area contributed by atoms with Crippen LogP contribution in [0.5, 0.6) is 0 Å². The molecular formula is C11H14ClN5. The van der Waals surface area contributed by atoms with Crippen LogP contribution in [0.2, 0.25) is 0 Å². The van der Waals surface area contributed by atoms with Crippen LogP contribution in [0.4, 0.5) is 5.82 Å². The molecule has 1 aliphatic rings. The number of hydrogen-bond donors (Lipinski definition) is 0. The Labute approximate surface area is 104 Å². The first-order chi connectivity index (χ1) is 8.25. The van der Waals surface area contributed by atoms with Crippen LogP contribution in [0.15, 0.2) is 18.7 Å². The Hall–Kier alpha value is -1.36. The summed E-state index contributed by atoms with van der Waals surface area (Å²) < 4.78 is 1.88. The number of hydrogen-bond acceptors (Lipinski definition) is 4. The number of fused-ring (bicyclic) bond motifs is 1. The van der Waals surface area contributed by atoms with Crippen molar-refractivity contribution >= 4 is 23.1 Å². The quantitative estimate of drug-likeness (QED) is 0.722. The van der Waals surface area contributed by atoms with Crippen LogP contribution in [-0.4, -0.2) is 38.0 Å². The molecule has 1 aliphatic heterocycles. The summed E-state index contributed by atoms with van der Waals surface area (Å²) in [6.07, 6.45) is 6.40. The van der Waals surface area contributed by atoms with E-state index in [1.807, 2.05) is 10.6 Å². The Morgan fingerprint density at radius 3 is 3.18 bits per heavy atom. The van der Waals surface area contributed by atoms with E-state index in [9.17, 15) is 0 Å². The maximum atomic E-state index is 6.32. The van der Waals surface area contributed by atoms with Gasteiger partial charge in [0.15, 0.2) is 5.82 Å². The van der Waals surface area contributed by atoms with Crippen molar-refractivity contribution in [2.24, 2.45) is 5.92 Å². The second-order valence-corrected chi connectivity index (χ2v) is 5.10. The molecule has 0 N–H and O–H groups in total. The van der Waals surface area contributed by atoms with Crippen molar-refractivity contribution in [2.75, 3.05) is 18.0 Å².